The molecule has 5 aromatic carbocycles. The van der Waals surface area contributed by atoms with Crippen LogP contribution in [0.2, 0.25) is 0 Å². The number of aromatic hydroxyl groups is 1. The van der Waals surface area contributed by atoms with Crippen LogP contribution in [0, 0.1) is 0 Å². The maximum absolute atomic E-state index is 10.6. The van der Waals surface area contributed by atoms with Crippen LogP contribution in [0.1, 0.15) is 61.8 Å². The van der Waals surface area contributed by atoms with Gasteiger partial charge >= 0.3 is 0 Å². The van der Waals surface area contributed by atoms with Gasteiger partial charge in [0, 0.05) is 12.4 Å². The molecule has 0 amide bonds. The first-order chi connectivity index (χ1) is 22.1. The van der Waals surface area contributed by atoms with Gasteiger partial charge in [0.25, 0.3) is 0 Å². The molecule has 0 heterocycles. The summed E-state index contributed by atoms with van der Waals surface area (Å²) < 4.78 is 4.50. The molecule has 5 aromatic rings. The number of fused-ring (bicyclic) bond motifs is 2. The van der Waals surface area contributed by atoms with Crippen molar-refractivity contribution in [1.82, 2.24) is 0 Å². The third-order valence-electron chi connectivity index (χ3n) is 5.10. The van der Waals surface area contributed by atoms with Crippen molar-refractivity contribution in [3.05, 3.63) is 103 Å². The third kappa shape index (κ3) is 14.5. The molecule has 5 rings (SSSR count). The molecule has 0 aromatic heterocycles. The van der Waals surface area contributed by atoms with Gasteiger partial charge in [-0.25, -0.2) is 5.26 Å². The monoisotopic (exact) mass is 632 g/mol. The second kappa shape index (κ2) is 26.3. The third-order valence-corrected chi connectivity index (χ3v) is 5.72. The Hall–Kier alpha value is -4.15. The Balaban J connectivity index is 0.000000838. The first-order valence-corrected chi connectivity index (χ1v) is 16.0. The predicted octanol–water partition coefficient (Wildman–Crippen LogP) is 13.4. The smallest absolute Gasteiger partial charge is 0.152 e. The summed E-state index contributed by atoms with van der Waals surface area (Å²) in [6, 6.07) is 32.7. The fourth-order valence-electron chi connectivity index (χ4n) is 3.45. The van der Waals surface area contributed by atoms with Gasteiger partial charge in [0.15, 0.2) is 5.75 Å². The van der Waals surface area contributed by atoms with E-state index in [1.807, 2.05) is 59.7 Å². The maximum Gasteiger partial charge on any atom is 0.152 e. The fourth-order valence-corrected chi connectivity index (χ4v) is 3.94. The lowest BCUT2D eigenvalue weighted by atomic mass is 10.1. The van der Waals surface area contributed by atoms with Crippen LogP contribution < -0.4 is 0 Å². The lowest BCUT2D eigenvalue weighted by molar-refractivity contribution is -0.432. The molecule has 0 aliphatic heterocycles. The normalized spacial score (nSPS) is 9.82. The molecule has 0 unspecified atom stereocenters. The lowest BCUT2D eigenvalue weighted by Crippen LogP contribution is -1.83. The van der Waals surface area contributed by atoms with E-state index in [-0.39, 0.29) is 11.4 Å². The molecule has 0 aliphatic carbocycles. The van der Waals surface area contributed by atoms with E-state index in [0.29, 0.717) is 33.7 Å². The molecular weight excluding hydrogens is 584 g/mol. The van der Waals surface area contributed by atoms with Crippen molar-refractivity contribution >= 4 is 50.6 Å². The largest absolute Gasteiger partial charge is 0.505 e. The average Bonchev–Trinajstić information content (AvgIpc) is 3.11. The Morgan fingerprint density at radius 1 is 0.622 bits per heavy atom. The molecule has 0 bridgehead atoms. The van der Waals surface area contributed by atoms with Gasteiger partial charge in [0.2, 0.25) is 0 Å². The van der Waals surface area contributed by atoms with E-state index in [9.17, 15) is 5.11 Å². The summed E-state index contributed by atoms with van der Waals surface area (Å²) in [6.07, 6.45) is 1.25. The Bertz CT molecular complexity index is 1460. The van der Waals surface area contributed by atoms with Crippen LogP contribution in [-0.2, 0) is 9.37 Å². The van der Waals surface area contributed by atoms with Crippen molar-refractivity contribution in [2.75, 3.05) is 7.05 Å². The van der Waals surface area contributed by atoms with Crippen LogP contribution >= 0.6 is 12.0 Å². The van der Waals surface area contributed by atoms with Crippen molar-refractivity contribution in [3.8, 4) is 5.75 Å². The molecule has 0 spiro atoms. The van der Waals surface area contributed by atoms with E-state index in [4.69, 9.17) is 5.26 Å². The zero-order valence-electron chi connectivity index (χ0n) is 27.9. The van der Waals surface area contributed by atoms with Crippen LogP contribution in [0.3, 0.4) is 0 Å². The van der Waals surface area contributed by atoms with E-state index in [0.717, 1.165) is 5.39 Å². The minimum absolute atomic E-state index is 0.0488. The second-order valence-corrected chi connectivity index (χ2v) is 8.83. The van der Waals surface area contributed by atoms with E-state index < -0.39 is 0 Å². The number of phenols is 1. The zero-order chi connectivity index (χ0) is 33.9. The van der Waals surface area contributed by atoms with Crippen molar-refractivity contribution in [2.24, 2.45) is 20.5 Å². The standard InChI is InChI=1S/C17H14N4O4S.C10H8.C3H8.3C2H6/c1-18-19-12-6-8-13(9-7-12)20-21-16-15(26-25-24-23)10-11-4-2-3-5-14(11)17(16)22;1-2-6-10-8-4-3-7-9(10)5-1;1-3-2;3*1-2/h2-10,22-23H,1H3;1-8H;3H2,1-2H3;3*1-2H3. The average molecular weight is 633 g/mol. The molecule has 0 fully saturated rings. The van der Waals surface area contributed by atoms with Gasteiger partial charge < -0.3 is 5.11 Å². The summed E-state index contributed by atoms with van der Waals surface area (Å²) in [6.45, 7) is 16.2. The van der Waals surface area contributed by atoms with E-state index >= 15 is 0 Å². The number of nitrogens with zero attached hydrogens (tertiary/aromatic N) is 4. The molecule has 8 nitrogen and oxygen atoms in total. The van der Waals surface area contributed by atoms with Gasteiger partial charge in [-0.15, -0.1) is 9.45 Å². The minimum Gasteiger partial charge on any atom is -0.505 e. The SMILES string of the molecule is CC.CC.CC.CCC.CN=Nc1ccc(N=Nc2c(SOOO)cc3ccccc3c2O)cc1.c1ccc2ccccc2c1. The van der Waals surface area contributed by atoms with Crippen LogP contribution in [0.5, 0.6) is 5.75 Å². The van der Waals surface area contributed by atoms with Crippen molar-refractivity contribution in [1.29, 1.82) is 0 Å². The highest BCUT2D eigenvalue weighted by atomic mass is 32.2. The molecule has 0 atom stereocenters. The molecule has 0 saturated carbocycles. The van der Waals surface area contributed by atoms with Gasteiger partial charge in [-0.1, -0.05) is 140 Å². The van der Waals surface area contributed by atoms with Gasteiger partial charge in [-0.2, -0.15) is 15.3 Å². The second-order valence-electron chi connectivity index (χ2n) is 8.09. The van der Waals surface area contributed by atoms with Crippen LogP contribution in [0.25, 0.3) is 21.5 Å². The lowest BCUT2D eigenvalue weighted by Gasteiger charge is -2.08. The van der Waals surface area contributed by atoms with Gasteiger partial charge in [0.05, 0.1) is 28.3 Å². The molecule has 45 heavy (non-hydrogen) atoms. The number of rotatable bonds is 6. The summed E-state index contributed by atoms with van der Waals surface area (Å²) in [5.41, 5.74) is 1.47. The maximum atomic E-state index is 10.6. The Morgan fingerprint density at radius 3 is 1.49 bits per heavy atom. The van der Waals surface area contributed by atoms with E-state index in [1.165, 1.54) is 17.2 Å². The summed E-state index contributed by atoms with van der Waals surface area (Å²) >= 11 is 0.707. The summed E-state index contributed by atoms with van der Waals surface area (Å²) in [7, 11) is 1.59. The first-order valence-electron chi connectivity index (χ1n) is 15.3. The highest BCUT2D eigenvalue weighted by Gasteiger charge is 2.14. The van der Waals surface area contributed by atoms with Crippen LogP contribution in [0.4, 0.5) is 17.1 Å². The minimum atomic E-state index is -0.0488. The molecule has 9 heteroatoms. The molecule has 2 N–H and O–H groups in total. The zero-order valence-corrected chi connectivity index (χ0v) is 28.7. The summed E-state index contributed by atoms with van der Waals surface area (Å²) in [4.78, 5) is 0.426. The summed E-state index contributed by atoms with van der Waals surface area (Å²) in [5.74, 6) is -0.0488. The Kier molecular flexibility index (Phi) is 23.8. The van der Waals surface area contributed by atoms with Gasteiger partial charge in [0.1, 0.15) is 5.69 Å². The van der Waals surface area contributed by atoms with Crippen LogP contribution in [-0.4, -0.2) is 17.4 Å². The first kappa shape index (κ1) is 40.9. The molecule has 0 saturated heterocycles. The van der Waals surface area contributed by atoms with Gasteiger partial charge in [-0.3, -0.25) is 0 Å². The highest BCUT2D eigenvalue weighted by Crippen LogP contribution is 2.43. The molecule has 0 aliphatic rings. The summed E-state index contributed by atoms with van der Waals surface area (Å²) in [5, 5.41) is 42.5. The predicted molar refractivity (Wildman–Crippen MR) is 191 cm³/mol. The highest BCUT2D eigenvalue weighted by molar-refractivity contribution is 7.94. The van der Waals surface area contributed by atoms with Crippen molar-refractivity contribution in [3.63, 3.8) is 0 Å². The molecule has 0 radical (unpaired) electrons. The van der Waals surface area contributed by atoms with E-state index in [1.54, 1.807) is 43.4 Å². The van der Waals surface area contributed by atoms with E-state index in [2.05, 4.69) is 92.2 Å². The number of hydrogen-bond donors (Lipinski definition) is 2. The molecule has 242 valence electrons. The number of hydrogen-bond acceptors (Lipinski definition) is 9. The van der Waals surface area contributed by atoms with Crippen LogP contribution in [0.15, 0.2) is 128 Å². The number of azo groups is 2. The van der Waals surface area contributed by atoms with Crippen molar-refractivity contribution in [2.45, 2.75) is 66.7 Å². The number of phenolic OH excluding ortho intramolecular Hbond substituents is 1. The number of benzene rings is 5. The van der Waals surface area contributed by atoms with Gasteiger partial charge in [-0.05, 0) is 46.5 Å². The fraction of sp³-hybridized carbons (Fsp3) is 0.278. The Labute approximate surface area is 272 Å². The van der Waals surface area contributed by atoms with Crippen molar-refractivity contribution < 1.29 is 19.7 Å². The quantitative estimate of drug-likeness (QED) is 0.0837. The topological polar surface area (TPSA) is 108 Å². The Morgan fingerprint density at radius 2 is 1.04 bits per heavy atom. The molecular formula is C36H48N4O4S.